The molecular weight excluding hydrogens is 372 g/mol. The number of nitrogens with zero attached hydrogens (tertiary/aromatic N) is 8. The van der Waals surface area contributed by atoms with Crippen LogP contribution in [0.3, 0.4) is 0 Å². The first kappa shape index (κ1) is 19.2. The summed E-state index contributed by atoms with van der Waals surface area (Å²) < 4.78 is 5.08. The average molecular weight is 398 g/mol. The number of carbonyl (C=O) groups is 1. The van der Waals surface area contributed by atoms with Crippen LogP contribution in [0, 0.1) is 0 Å². The van der Waals surface area contributed by atoms with Gasteiger partial charge in [0.25, 0.3) is 0 Å². The van der Waals surface area contributed by atoms with Gasteiger partial charge >= 0.3 is 6.09 Å². The molecule has 0 radical (unpaired) electrons. The monoisotopic (exact) mass is 398 g/mol. The molecule has 10 nitrogen and oxygen atoms in total. The third-order valence-corrected chi connectivity index (χ3v) is 5.16. The van der Waals surface area contributed by atoms with Crippen LogP contribution in [-0.2, 0) is 4.74 Å². The Morgan fingerprint density at radius 2 is 1.45 bits per heavy atom. The molecule has 2 aromatic heterocycles. The topological polar surface area (TPSA) is 90.8 Å². The van der Waals surface area contributed by atoms with E-state index in [4.69, 9.17) is 9.72 Å². The number of amides is 1. The summed E-state index contributed by atoms with van der Waals surface area (Å²) in [6.45, 7) is 8.24. The van der Waals surface area contributed by atoms with Gasteiger partial charge in [-0.2, -0.15) is 4.98 Å². The van der Waals surface area contributed by atoms with Crippen molar-refractivity contribution >= 4 is 23.8 Å². The Labute approximate surface area is 170 Å². The summed E-state index contributed by atoms with van der Waals surface area (Å²) in [6, 6.07) is 3.75. The van der Waals surface area contributed by atoms with E-state index in [1.807, 2.05) is 25.3 Å². The Kier molecular flexibility index (Phi) is 5.87. The number of ether oxygens (including phenoxy) is 1. The standard InChI is InChI=1S/C19H26N8O2/c1-2-29-19(28)27-14-8-24(9-15-27)16-4-7-22-18(23-16)26-12-10-25(11-13-26)17-20-5-3-6-21-17/h3-7H,2,8-15H2,1H3. The quantitative estimate of drug-likeness (QED) is 0.744. The molecule has 154 valence electrons. The van der Waals surface area contributed by atoms with Crippen LogP contribution in [0.5, 0.6) is 0 Å². The molecule has 2 saturated heterocycles. The van der Waals surface area contributed by atoms with Gasteiger partial charge in [-0.3, -0.25) is 0 Å². The molecule has 2 fully saturated rings. The zero-order chi connectivity index (χ0) is 20.1. The van der Waals surface area contributed by atoms with E-state index in [1.54, 1.807) is 17.3 Å². The molecule has 29 heavy (non-hydrogen) atoms. The van der Waals surface area contributed by atoms with Crippen LogP contribution in [0.15, 0.2) is 30.7 Å². The van der Waals surface area contributed by atoms with Gasteiger partial charge in [0.15, 0.2) is 0 Å². The molecule has 0 N–H and O–H groups in total. The number of hydrogen-bond donors (Lipinski definition) is 0. The molecule has 4 heterocycles. The molecule has 0 saturated carbocycles. The minimum atomic E-state index is -0.240. The van der Waals surface area contributed by atoms with Gasteiger partial charge in [0.05, 0.1) is 6.61 Å². The van der Waals surface area contributed by atoms with Gasteiger partial charge in [0, 0.05) is 70.9 Å². The van der Waals surface area contributed by atoms with Crippen molar-refractivity contribution in [3.8, 4) is 0 Å². The third-order valence-electron chi connectivity index (χ3n) is 5.16. The third kappa shape index (κ3) is 4.47. The highest BCUT2D eigenvalue weighted by atomic mass is 16.6. The van der Waals surface area contributed by atoms with Crippen LogP contribution in [0.25, 0.3) is 0 Å². The average Bonchev–Trinajstić information content (AvgIpc) is 2.80. The van der Waals surface area contributed by atoms with E-state index in [-0.39, 0.29) is 6.09 Å². The van der Waals surface area contributed by atoms with Crippen molar-refractivity contribution in [2.75, 3.05) is 73.7 Å². The van der Waals surface area contributed by atoms with E-state index >= 15 is 0 Å². The number of carbonyl (C=O) groups excluding carboxylic acids is 1. The first-order valence-electron chi connectivity index (χ1n) is 10.0. The van der Waals surface area contributed by atoms with Gasteiger partial charge in [-0.15, -0.1) is 0 Å². The second kappa shape index (κ2) is 8.89. The van der Waals surface area contributed by atoms with Crippen molar-refractivity contribution < 1.29 is 9.53 Å². The zero-order valence-electron chi connectivity index (χ0n) is 16.6. The molecule has 0 aromatic carbocycles. The van der Waals surface area contributed by atoms with Crippen LogP contribution < -0.4 is 14.7 Å². The van der Waals surface area contributed by atoms with Crippen LogP contribution in [0.1, 0.15) is 6.92 Å². The summed E-state index contributed by atoms with van der Waals surface area (Å²) in [6.07, 6.45) is 5.10. The van der Waals surface area contributed by atoms with Crippen molar-refractivity contribution in [1.29, 1.82) is 0 Å². The molecule has 4 rings (SSSR count). The minimum absolute atomic E-state index is 0.240. The highest BCUT2D eigenvalue weighted by Gasteiger charge is 2.24. The first-order chi connectivity index (χ1) is 14.2. The number of aromatic nitrogens is 4. The van der Waals surface area contributed by atoms with Gasteiger partial charge < -0.3 is 24.3 Å². The molecule has 0 aliphatic carbocycles. The Morgan fingerprint density at radius 3 is 2.10 bits per heavy atom. The lowest BCUT2D eigenvalue weighted by Gasteiger charge is -2.36. The van der Waals surface area contributed by atoms with Gasteiger partial charge in [-0.05, 0) is 19.1 Å². The lowest BCUT2D eigenvalue weighted by atomic mass is 10.3. The van der Waals surface area contributed by atoms with E-state index in [1.165, 1.54) is 0 Å². The fraction of sp³-hybridized carbons (Fsp3) is 0.526. The highest BCUT2D eigenvalue weighted by molar-refractivity contribution is 5.68. The van der Waals surface area contributed by atoms with Crippen molar-refractivity contribution in [1.82, 2.24) is 24.8 Å². The molecule has 0 unspecified atom stereocenters. The first-order valence-corrected chi connectivity index (χ1v) is 10.0. The van der Waals surface area contributed by atoms with Crippen molar-refractivity contribution in [2.24, 2.45) is 0 Å². The minimum Gasteiger partial charge on any atom is -0.450 e. The second-order valence-electron chi connectivity index (χ2n) is 6.91. The van der Waals surface area contributed by atoms with E-state index in [9.17, 15) is 4.79 Å². The lowest BCUT2D eigenvalue weighted by Crippen LogP contribution is -2.49. The molecular formula is C19H26N8O2. The molecule has 0 spiro atoms. The van der Waals surface area contributed by atoms with Crippen molar-refractivity contribution in [3.05, 3.63) is 30.7 Å². The molecule has 0 atom stereocenters. The van der Waals surface area contributed by atoms with E-state index in [0.29, 0.717) is 19.7 Å². The van der Waals surface area contributed by atoms with Gasteiger partial charge in [0.1, 0.15) is 5.82 Å². The Morgan fingerprint density at radius 1 is 0.862 bits per heavy atom. The summed E-state index contributed by atoms with van der Waals surface area (Å²) in [5.41, 5.74) is 0. The van der Waals surface area contributed by atoms with Gasteiger partial charge in [-0.1, -0.05) is 0 Å². The highest BCUT2D eigenvalue weighted by Crippen LogP contribution is 2.19. The Bertz CT molecular complexity index is 805. The number of hydrogen-bond acceptors (Lipinski definition) is 9. The molecule has 2 aromatic rings. The Balaban J connectivity index is 1.34. The summed E-state index contributed by atoms with van der Waals surface area (Å²) in [7, 11) is 0. The number of piperazine rings is 2. The summed E-state index contributed by atoms with van der Waals surface area (Å²) in [5, 5.41) is 0. The van der Waals surface area contributed by atoms with Crippen LogP contribution >= 0.6 is 0 Å². The number of rotatable bonds is 4. The number of anilines is 3. The van der Waals surface area contributed by atoms with Crippen molar-refractivity contribution in [3.63, 3.8) is 0 Å². The largest absolute Gasteiger partial charge is 0.450 e. The van der Waals surface area contributed by atoms with Crippen LogP contribution in [-0.4, -0.2) is 89.9 Å². The predicted octanol–water partition coefficient (Wildman–Crippen LogP) is 0.872. The predicted molar refractivity (Wildman–Crippen MR) is 109 cm³/mol. The van der Waals surface area contributed by atoms with Crippen LogP contribution in [0.4, 0.5) is 22.5 Å². The molecule has 2 aliphatic rings. The zero-order valence-corrected chi connectivity index (χ0v) is 16.6. The normalized spacial score (nSPS) is 17.4. The Hall–Kier alpha value is -3.17. The van der Waals surface area contributed by atoms with E-state index < -0.39 is 0 Å². The smallest absolute Gasteiger partial charge is 0.409 e. The summed E-state index contributed by atoms with van der Waals surface area (Å²) in [4.78, 5) is 38.1. The van der Waals surface area contributed by atoms with Gasteiger partial charge in [-0.25, -0.2) is 19.7 Å². The maximum absolute atomic E-state index is 11.9. The molecule has 2 aliphatic heterocycles. The summed E-state index contributed by atoms with van der Waals surface area (Å²) in [5.74, 6) is 2.40. The fourth-order valence-corrected chi connectivity index (χ4v) is 3.56. The fourth-order valence-electron chi connectivity index (χ4n) is 3.56. The molecule has 10 heteroatoms. The van der Waals surface area contributed by atoms with Crippen molar-refractivity contribution in [2.45, 2.75) is 6.92 Å². The SMILES string of the molecule is CCOC(=O)N1CCN(c2ccnc(N3CCN(c4ncccn4)CC3)n2)CC1. The van der Waals surface area contributed by atoms with Gasteiger partial charge in [0.2, 0.25) is 11.9 Å². The summed E-state index contributed by atoms with van der Waals surface area (Å²) >= 11 is 0. The maximum atomic E-state index is 11.9. The lowest BCUT2D eigenvalue weighted by molar-refractivity contribution is 0.105. The van der Waals surface area contributed by atoms with Crippen LogP contribution in [0.2, 0.25) is 0 Å². The maximum Gasteiger partial charge on any atom is 0.409 e. The van der Waals surface area contributed by atoms with E-state index in [2.05, 4.69) is 29.7 Å². The van der Waals surface area contributed by atoms with E-state index in [0.717, 1.165) is 57.0 Å². The second-order valence-corrected chi connectivity index (χ2v) is 6.91. The molecule has 0 bridgehead atoms. The molecule has 1 amide bonds.